The highest BCUT2D eigenvalue weighted by atomic mass is 79.9. The normalized spacial score (nSPS) is 10.2. The fraction of sp³-hybridized carbons (Fsp3) is 0.0769. The molecule has 0 saturated carbocycles. The largest absolute Gasteiger partial charge is 0.393 e. The second-order valence-electron chi connectivity index (χ2n) is 4.17. The molecule has 0 aliphatic carbocycles. The van der Waals surface area contributed by atoms with Crippen molar-refractivity contribution in [3.63, 3.8) is 0 Å². The van der Waals surface area contributed by atoms with Crippen molar-refractivity contribution in [1.82, 2.24) is 0 Å². The lowest BCUT2D eigenvalue weighted by molar-refractivity contribution is -0.383. The Morgan fingerprint density at radius 1 is 1.21 bits per heavy atom. The molecular formula is C13H12BrN3O2. The number of nitrogens with two attached hydrogens (primary N) is 1. The van der Waals surface area contributed by atoms with Gasteiger partial charge in [-0.2, -0.15) is 0 Å². The Kier molecular flexibility index (Phi) is 3.71. The van der Waals surface area contributed by atoms with Crippen LogP contribution in [0.5, 0.6) is 0 Å². The zero-order valence-electron chi connectivity index (χ0n) is 10.2. The number of benzene rings is 2. The van der Waals surface area contributed by atoms with E-state index in [-0.39, 0.29) is 11.4 Å². The van der Waals surface area contributed by atoms with Gasteiger partial charge in [0.2, 0.25) is 0 Å². The Labute approximate surface area is 118 Å². The monoisotopic (exact) mass is 321 g/mol. The van der Waals surface area contributed by atoms with E-state index >= 15 is 0 Å². The van der Waals surface area contributed by atoms with Gasteiger partial charge < -0.3 is 11.1 Å². The molecule has 5 nitrogen and oxygen atoms in total. The van der Waals surface area contributed by atoms with E-state index < -0.39 is 4.92 Å². The van der Waals surface area contributed by atoms with Crippen LogP contribution in [0.4, 0.5) is 22.7 Å². The maximum atomic E-state index is 10.7. The fourth-order valence-electron chi connectivity index (χ4n) is 1.77. The molecule has 0 spiro atoms. The van der Waals surface area contributed by atoms with E-state index in [1.807, 2.05) is 25.1 Å². The van der Waals surface area contributed by atoms with Crippen molar-refractivity contribution in [3.05, 3.63) is 56.5 Å². The van der Waals surface area contributed by atoms with Gasteiger partial charge in [0.25, 0.3) is 5.69 Å². The van der Waals surface area contributed by atoms with Gasteiger partial charge in [-0.1, -0.05) is 15.9 Å². The number of nitro groups is 1. The third-order valence-corrected chi connectivity index (χ3v) is 3.01. The highest BCUT2D eigenvalue weighted by Gasteiger charge is 2.11. The Hall–Kier alpha value is -2.08. The number of aryl methyl sites for hydroxylation is 1. The van der Waals surface area contributed by atoms with Gasteiger partial charge in [0.15, 0.2) is 0 Å². The first-order valence-corrected chi connectivity index (χ1v) is 6.33. The molecule has 0 aliphatic heterocycles. The molecule has 0 unspecified atom stereocenters. The van der Waals surface area contributed by atoms with Gasteiger partial charge in [-0.25, -0.2) is 0 Å². The summed E-state index contributed by atoms with van der Waals surface area (Å²) in [7, 11) is 0. The second kappa shape index (κ2) is 5.27. The lowest BCUT2D eigenvalue weighted by Gasteiger charge is -2.09. The van der Waals surface area contributed by atoms with Crippen LogP contribution in [0, 0.1) is 17.0 Å². The first-order chi connectivity index (χ1) is 8.95. The first-order valence-electron chi connectivity index (χ1n) is 5.54. The summed E-state index contributed by atoms with van der Waals surface area (Å²) in [4.78, 5) is 10.2. The first kappa shape index (κ1) is 13.4. The van der Waals surface area contributed by atoms with Crippen LogP contribution in [0.15, 0.2) is 40.9 Å². The fourth-order valence-corrected chi connectivity index (χ4v) is 2.38. The molecule has 2 rings (SSSR count). The summed E-state index contributed by atoms with van der Waals surface area (Å²) in [6.07, 6.45) is 0. The molecule has 0 bridgehead atoms. The van der Waals surface area contributed by atoms with Gasteiger partial charge in [0, 0.05) is 21.9 Å². The zero-order valence-corrected chi connectivity index (χ0v) is 11.8. The van der Waals surface area contributed by atoms with Crippen LogP contribution in [0.3, 0.4) is 0 Å². The lowest BCUT2D eigenvalue weighted by Crippen LogP contribution is -1.97. The van der Waals surface area contributed by atoms with E-state index in [1.165, 1.54) is 6.07 Å². The summed E-state index contributed by atoms with van der Waals surface area (Å²) in [5, 5.41) is 13.8. The maximum Gasteiger partial charge on any atom is 0.292 e. The van der Waals surface area contributed by atoms with Crippen molar-refractivity contribution in [2.24, 2.45) is 0 Å². The number of hydrogen-bond donors (Lipinski definition) is 2. The van der Waals surface area contributed by atoms with E-state index in [0.717, 1.165) is 15.7 Å². The molecule has 0 atom stereocenters. The molecule has 0 aromatic heterocycles. The minimum atomic E-state index is -0.498. The summed E-state index contributed by atoms with van der Waals surface area (Å²) in [5.41, 5.74) is 8.40. The molecule has 3 N–H and O–H groups in total. The number of rotatable bonds is 3. The third-order valence-electron chi connectivity index (χ3n) is 2.56. The van der Waals surface area contributed by atoms with Gasteiger partial charge in [0.1, 0.15) is 5.69 Å². The molecule has 2 aromatic rings. The van der Waals surface area contributed by atoms with Gasteiger partial charge in [-0.15, -0.1) is 0 Å². The van der Waals surface area contributed by atoms with Crippen LogP contribution < -0.4 is 11.1 Å². The van der Waals surface area contributed by atoms with Crippen LogP contribution in [-0.4, -0.2) is 4.92 Å². The zero-order chi connectivity index (χ0) is 14.0. The summed E-state index contributed by atoms with van der Waals surface area (Å²) in [5.74, 6) is 0. The molecule has 0 heterocycles. The molecule has 19 heavy (non-hydrogen) atoms. The van der Waals surface area contributed by atoms with E-state index in [1.54, 1.807) is 12.1 Å². The average molecular weight is 322 g/mol. The molecule has 0 radical (unpaired) electrons. The maximum absolute atomic E-state index is 10.7. The van der Waals surface area contributed by atoms with Crippen molar-refractivity contribution >= 4 is 38.7 Å². The Balaban J connectivity index is 2.28. The average Bonchev–Trinajstić information content (AvgIpc) is 2.26. The highest BCUT2D eigenvalue weighted by Crippen LogP contribution is 2.28. The Morgan fingerprint density at radius 3 is 2.53 bits per heavy atom. The predicted molar refractivity (Wildman–Crippen MR) is 79.7 cm³/mol. The molecule has 2 aromatic carbocycles. The number of hydrogen-bond acceptors (Lipinski definition) is 4. The van der Waals surface area contributed by atoms with Crippen LogP contribution in [0.1, 0.15) is 5.56 Å². The smallest absolute Gasteiger partial charge is 0.292 e. The number of nitrogen functional groups attached to an aromatic ring is 1. The summed E-state index contributed by atoms with van der Waals surface area (Å²) >= 11 is 3.42. The van der Waals surface area contributed by atoms with E-state index in [2.05, 4.69) is 21.2 Å². The highest BCUT2D eigenvalue weighted by molar-refractivity contribution is 9.10. The summed E-state index contributed by atoms with van der Waals surface area (Å²) in [6.45, 7) is 1.99. The molecule has 0 aliphatic rings. The quantitative estimate of drug-likeness (QED) is 0.508. The Bertz CT molecular complexity index is 624. The van der Waals surface area contributed by atoms with Gasteiger partial charge in [-0.05, 0) is 42.8 Å². The topological polar surface area (TPSA) is 81.2 Å². The van der Waals surface area contributed by atoms with Crippen LogP contribution >= 0.6 is 15.9 Å². The van der Waals surface area contributed by atoms with Gasteiger partial charge in [-0.3, -0.25) is 10.1 Å². The minimum Gasteiger partial charge on any atom is -0.393 e. The van der Waals surface area contributed by atoms with Crippen molar-refractivity contribution in [3.8, 4) is 0 Å². The third kappa shape index (κ3) is 3.23. The number of halogens is 1. The number of nitrogens with one attached hydrogen (secondary N) is 1. The van der Waals surface area contributed by atoms with Crippen LogP contribution in [0.2, 0.25) is 0 Å². The van der Waals surface area contributed by atoms with Crippen molar-refractivity contribution < 1.29 is 4.92 Å². The van der Waals surface area contributed by atoms with Crippen LogP contribution in [0.25, 0.3) is 0 Å². The molecular weight excluding hydrogens is 310 g/mol. The second-order valence-corrected chi connectivity index (χ2v) is 5.09. The van der Waals surface area contributed by atoms with Gasteiger partial charge >= 0.3 is 0 Å². The summed E-state index contributed by atoms with van der Waals surface area (Å²) < 4.78 is 0.963. The molecule has 6 heteroatoms. The van der Waals surface area contributed by atoms with E-state index in [9.17, 15) is 10.1 Å². The van der Waals surface area contributed by atoms with Crippen molar-refractivity contribution in [1.29, 1.82) is 0 Å². The number of anilines is 3. The van der Waals surface area contributed by atoms with Crippen molar-refractivity contribution in [2.45, 2.75) is 6.92 Å². The SMILES string of the molecule is Cc1cc(Br)cc(Nc2ccc([N+](=O)[O-])c(N)c2)c1. The lowest BCUT2D eigenvalue weighted by atomic mass is 10.2. The predicted octanol–water partition coefficient (Wildman–Crippen LogP) is 3.99. The minimum absolute atomic E-state index is 0.0871. The van der Waals surface area contributed by atoms with E-state index in [0.29, 0.717) is 5.69 Å². The van der Waals surface area contributed by atoms with Crippen LogP contribution in [-0.2, 0) is 0 Å². The number of nitro benzene ring substituents is 1. The molecule has 98 valence electrons. The molecule has 0 amide bonds. The molecule has 0 saturated heterocycles. The van der Waals surface area contributed by atoms with Crippen molar-refractivity contribution in [2.75, 3.05) is 11.1 Å². The Morgan fingerprint density at radius 2 is 1.95 bits per heavy atom. The van der Waals surface area contributed by atoms with E-state index in [4.69, 9.17) is 5.73 Å². The summed E-state index contributed by atoms with van der Waals surface area (Å²) in [6, 6.07) is 10.5. The molecule has 0 fully saturated rings. The number of nitrogens with zero attached hydrogens (tertiary/aromatic N) is 1. The standard InChI is InChI=1S/C13H12BrN3O2/c1-8-4-9(14)6-11(5-8)16-10-2-3-13(17(18)19)12(15)7-10/h2-7,16H,15H2,1H3. The van der Waals surface area contributed by atoms with Gasteiger partial charge in [0.05, 0.1) is 4.92 Å².